The Kier molecular flexibility index (Phi) is 3.28. The number of aliphatic carboxylic acids is 1. The molecular weight excluding hydrogens is 187 g/mol. The molecule has 2 N–H and O–H groups in total. The van der Waals surface area contributed by atoms with Crippen molar-refractivity contribution >= 4 is 5.97 Å². The second-order valence-corrected chi connectivity index (χ2v) is 2.81. The van der Waals surface area contributed by atoms with Crippen LogP contribution in [-0.2, 0) is 4.79 Å². The first-order valence-electron chi connectivity index (χ1n) is 4.04. The highest BCUT2D eigenvalue weighted by Gasteiger charge is 2.07. The van der Waals surface area contributed by atoms with Crippen LogP contribution in [0.5, 0.6) is 0 Å². The Bertz CT molecular complexity index is 321. The maximum atomic E-state index is 12.9. The van der Waals surface area contributed by atoms with Crippen molar-refractivity contribution < 1.29 is 14.3 Å². The van der Waals surface area contributed by atoms with Crippen LogP contribution in [0.4, 0.5) is 4.39 Å². The highest BCUT2D eigenvalue weighted by Crippen LogP contribution is 2.04. The molecule has 0 aromatic rings. The molecule has 0 bridgehead atoms. The molecule has 1 heterocycles. The molecule has 0 atom stereocenters. The van der Waals surface area contributed by atoms with Crippen LogP contribution < -0.4 is 5.32 Å². The summed E-state index contributed by atoms with van der Waals surface area (Å²) in [6, 6.07) is 0. The number of hydrogen-bond donors (Lipinski definition) is 2. The van der Waals surface area contributed by atoms with Gasteiger partial charge in [0, 0.05) is 26.0 Å². The fraction of sp³-hybridized carbons (Fsp3) is 0.222. The van der Waals surface area contributed by atoms with E-state index in [4.69, 9.17) is 5.11 Å². The molecule has 0 unspecified atom stereocenters. The Hall–Kier alpha value is -1.78. The topological polar surface area (TPSA) is 52.6 Å². The molecule has 0 aliphatic carbocycles. The molecule has 0 spiro atoms. The Morgan fingerprint density at radius 1 is 1.64 bits per heavy atom. The van der Waals surface area contributed by atoms with Gasteiger partial charge < -0.3 is 15.3 Å². The van der Waals surface area contributed by atoms with Gasteiger partial charge in [0.05, 0.1) is 0 Å². The van der Waals surface area contributed by atoms with Crippen molar-refractivity contribution in [1.29, 1.82) is 0 Å². The molecule has 0 fully saturated rings. The van der Waals surface area contributed by atoms with Gasteiger partial charge in [0.2, 0.25) is 0 Å². The quantitative estimate of drug-likeness (QED) is 0.654. The number of carbonyl (C=O) groups is 1. The fourth-order valence-electron chi connectivity index (χ4n) is 0.995. The molecule has 0 saturated heterocycles. The molecular formula is C9H11FN2O2. The largest absolute Gasteiger partial charge is 0.477 e. The first kappa shape index (κ1) is 10.3. The molecule has 1 rings (SSSR count). The van der Waals surface area contributed by atoms with Gasteiger partial charge in [-0.2, -0.15) is 0 Å². The number of allylic oxidation sites excluding steroid dienone is 2. The number of carboxylic acids is 1. The summed E-state index contributed by atoms with van der Waals surface area (Å²) in [7, 11) is 1.56. The van der Waals surface area contributed by atoms with Crippen LogP contribution in [0.25, 0.3) is 0 Å². The summed E-state index contributed by atoms with van der Waals surface area (Å²) in [5, 5.41) is 11.4. The van der Waals surface area contributed by atoms with Crippen molar-refractivity contribution in [2.24, 2.45) is 0 Å². The first-order chi connectivity index (χ1) is 6.59. The SMILES string of the molecule is CN1/C=C(/C(=O)O)NC/C=C\C(F)=C/1. The number of rotatable bonds is 1. The van der Waals surface area contributed by atoms with Crippen molar-refractivity contribution in [3.8, 4) is 0 Å². The molecule has 4 nitrogen and oxygen atoms in total. The third-order valence-corrected chi connectivity index (χ3v) is 1.58. The molecule has 5 heteroatoms. The minimum Gasteiger partial charge on any atom is -0.477 e. The van der Waals surface area contributed by atoms with Crippen molar-refractivity contribution in [1.82, 2.24) is 10.2 Å². The van der Waals surface area contributed by atoms with E-state index in [1.54, 1.807) is 7.05 Å². The Morgan fingerprint density at radius 3 is 3.00 bits per heavy atom. The van der Waals surface area contributed by atoms with Gasteiger partial charge in [0.25, 0.3) is 0 Å². The molecule has 76 valence electrons. The third-order valence-electron chi connectivity index (χ3n) is 1.58. The number of carboxylic acid groups (broad SMARTS) is 1. The van der Waals surface area contributed by atoms with Gasteiger partial charge in [-0.15, -0.1) is 0 Å². The predicted molar refractivity (Wildman–Crippen MR) is 49.8 cm³/mol. The van der Waals surface area contributed by atoms with Crippen molar-refractivity contribution in [2.75, 3.05) is 13.6 Å². The molecule has 1 aliphatic rings. The number of hydrogen-bond acceptors (Lipinski definition) is 3. The zero-order valence-electron chi connectivity index (χ0n) is 7.70. The average Bonchev–Trinajstić information content (AvgIpc) is 2.15. The monoisotopic (exact) mass is 198 g/mol. The first-order valence-corrected chi connectivity index (χ1v) is 4.04. The standard InChI is InChI=1S/C9H11FN2O2/c1-12-5-7(10)3-2-4-11-8(6-12)9(13)14/h2-3,5-6,11H,4H2,1H3,(H,13,14)/b3-2-,7-5+,8-6-. The van der Waals surface area contributed by atoms with E-state index >= 15 is 0 Å². The van der Waals surface area contributed by atoms with Crippen molar-refractivity contribution in [3.05, 3.63) is 36.1 Å². The molecule has 0 amide bonds. The maximum absolute atomic E-state index is 12.9. The van der Waals surface area contributed by atoms with Gasteiger partial charge in [0.15, 0.2) is 0 Å². The van der Waals surface area contributed by atoms with E-state index < -0.39 is 11.8 Å². The Labute approximate surface area is 81.0 Å². The van der Waals surface area contributed by atoms with Crippen LogP contribution in [-0.4, -0.2) is 29.6 Å². The van der Waals surface area contributed by atoms with E-state index in [1.165, 1.54) is 29.5 Å². The number of nitrogens with one attached hydrogen (secondary N) is 1. The third kappa shape index (κ3) is 2.93. The summed E-state index contributed by atoms with van der Waals surface area (Å²) < 4.78 is 12.9. The van der Waals surface area contributed by atoms with Crippen LogP contribution in [0, 0.1) is 0 Å². The summed E-state index contributed by atoms with van der Waals surface area (Å²) in [6.45, 7) is 0.285. The van der Waals surface area contributed by atoms with Crippen molar-refractivity contribution in [3.63, 3.8) is 0 Å². The normalized spacial score (nSPS) is 26.9. The molecule has 0 radical (unpaired) electrons. The molecule has 14 heavy (non-hydrogen) atoms. The molecule has 0 aromatic carbocycles. The van der Waals surface area contributed by atoms with E-state index in [9.17, 15) is 9.18 Å². The van der Waals surface area contributed by atoms with Gasteiger partial charge >= 0.3 is 5.97 Å². The van der Waals surface area contributed by atoms with Crippen LogP contribution in [0.2, 0.25) is 0 Å². The Balaban J connectivity index is 2.91. The highest BCUT2D eigenvalue weighted by atomic mass is 19.1. The van der Waals surface area contributed by atoms with Crippen LogP contribution in [0.15, 0.2) is 36.1 Å². The second kappa shape index (κ2) is 4.45. The van der Waals surface area contributed by atoms with E-state index in [0.29, 0.717) is 0 Å². The average molecular weight is 198 g/mol. The van der Waals surface area contributed by atoms with E-state index in [2.05, 4.69) is 5.32 Å². The van der Waals surface area contributed by atoms with Crippen LogP contribution in [0.3, 0.4) is 0 Å². The second-order valence-electron chi connectivity index (χ2n) is 2.81. The fourth-order valence-corrected chi connectivity index (χ4v) is 0.995. The number of nitrogens with zero attached hydrogens (tertiary/aromatic N) is 1. The Morgan fingerprint density at radius 2 is 2.36 bits per heavy atom. The van der Waals surface area contributed by atoms with Gasteiger partial charge in [-0.25, -0.2) is 9.18 Å². The zero-order chi connectivity index (χ0) is 10.6. The molecule has 1 aliphatic heterocycles. The molecule has 0 saturated carbocycles. The van der Waals surface area contributed by atoms with E-state index in [-0.39, 0.29) is 12.2 Å². The van der Waals surface area contributed by atoms with Gasteiger partial charge in [-0.1, -0.05) is 6.08 Å². The lowest BCUT2D eigenvalue weighted by atomic mass is 10.4. The van der Waals surface area contributed by atoms with E-state index in [0.717, 1.165) is 0 Å². The number of halogens is 1. The summed E-state index contributed by atoms with van der Waals surface area (Å²) in [6.07, 6.45) is 5.31. The smallest absolute Gasteiger partial charge is 0.353 e. The highest BCUT2D eigenvalue weighted by molar-refractivity contribution is 5.85. The van der Waals surface area contributed by atoms with Crippen LogP contribution >= 0.6 is 0 Å². The summed E-state index contributed by atoms with van der Waals surface area (Å²) in [5.74, 6) is -1.49. The summed E-state index contributed by atoms with van der Waals surface area (Å²) in [4.78, 5) is 12.0. The van der Waals surface area contributed by atoms with Crippen molar-refractivity contribution in [2.45, 2.75) is 0 Å². The maximum Gasteiger partial charge on any atom is 0.353 e. The minimum atomic E-state index is -1.07. The van der Waals surface area contributed by atoms with Gasteiger partial charge in [-0.3, -0.25) is 0 Å². The van der Waals surface area contributed by atoms with Gasteiger partial charge in [0.1, 0.15) is 11.5 Å². The lowest BCUT2D eigenvalue weighted by Gasteiger charge is -2.09. The summed E-state index contributed by atoms with van der Waals surface area (Å²) in [5.41, 5.74) is 0.0306. The lowest BCUT2D eigenvalue weighted by molar-refractivity contribution is -0.133. The van der Waals surface area contributed by atoms with Gasteiger partial charge in [-0.05, 0) is 6.08 Å². The van der Waals surface area contributed by atoms with E-state index in [1.807, 2.05) is 0 Å². The lowest BCUT2D eigenvalue weighted by Crippen LogP contribution is -2.22. The van der Waals surface area contributed by atoms with Crippen LogP contribution in [0.1, 0.15) is 0 Å². The molecule has 0 aromatic heterocycles. The predicted octanol–water partition coefficient (Wildman–Crippen LogP) is 0.815. The minimum absolute atomic E-state index is 0.0306. The zero-order valence-corrected chi connectivity index (χ0v) is 7.70. The summed E-state index contributed by atoms with van der Waals surface area (Å²) >= 11 is 0.